The maximum absolute atomic E-state index is 5.50. The standard InChI is InChI=1S/2C19H39O2.Cu.Li/c2*1-4-6-7-8-9-10-11-12-16-20-18-21-17-13-15-19(3)14-5-2;;/h2*5,19H,4,6-18H2,1-3H3;;/q2*-1;+2;. The van der Waals surface area contributed by atoms with Crippen molar-refractivity contribution in [2.45, 2.75) is 183 Å². The van der Waals surface area contributed by atoms with E-state index in [1.54, 1.807) is 0 Å². The molecule has 0 aliphatic carbocycles. The molecule has 0 aromatic carbocycles. The molecule has 0 rings (SSSR count). The van der Waals surface area contributed by atoms with Crippen molar-refractivity contribution in [1.82, 2.24) is 0 Å². The van der Waals surface area contributed by atoms with E-state index >= 15 is 0 Å². The second kappa shape index (κ2) is 48.4. The third-order valence-corrected chi connectivity index (χ3v) is 7.87. The van der Waals surface area contributed by atoms with Crippen LogP contribution in [0.5, 0.6) is 0 Å². The van der Waals surface area contributed by atoms with Gasteiger partial charge in [0.25, 0.3) is 0 Å². The molecule has 6 heteroatoms. The van der Waals surface area contributed by atoms with E-state index in [-0.39, 0.29) is 35.9 Å². The Kier molecular flexibility index (Phi) is 56.9. The summed E-state index contributed by atoms with van der Waals surface area (Å²) in [5, 5.41) is 0. The molecule has 0 spiro atoms. The van der Waals surface area contributed by atoms with Crippen molar-refractivity contribution >= 4 is 18.9 Å². The van der Waals surface area contributed by atoms with E-state index in [9.17, 15) is 0 Å². The second-order valence-electron chi connectivity index (χ2n) is 12.6. The molecule has 44 heavy (non-hydrogen) atoms. The minimum atomic E-state index is 0. The summed E-state index contributed by atoms with van der Waals surface area (Å²) in [5.74, 6) is 1.58. The Balaban J connectivity index is -0.000000348. The van der Waals surface area contributed by atoms with Crippen LogP contribution in [0.2, 0.25) is 0 Å². The maximum atomic E-state index is 5.50. The Bertz CT molecular complexity index is 419. The molecule has 2 unspecified atom stereocenters. The molecule has 0 aromatic heterocycles. The summed E-state index contributed by atoms with van der Waals surface area (Å²) in [6.07, 6.45) is 33.3. The van der Waals surface area contributed by atoms with Gasteiger partial charge in [0.15, 0.2) is 0 Å². The van der Waals surface area contributed by atoms with Crippen LogP contribution in [0, 0.1) is 24.7 Å². The van der Waals surface area contributed by atoms with Crippen molar-refractivity contribution in [3.05, 3.63) is 12.8 Å². The number of hydrogen-bond acceptors (Lipinski definition) is 4. The van der Waals surface area contributed by atoms with Gasteiger partial charge in [0.2, 0.25) is 0 Å². The minimum Gasteiger partial charge on any atom is -0.355 e. The SMILES string of the molecule is C[CH-]CC(C)CCCOCOCCCCCCCCCC.C[CH-]CC(C)CCCOCOCCCCCCCCCC.[Cu+2].[Li]. The Morgan fingerprint density at radius 1 is 0.432 bits per heavy atom. The summed E-state index contributed by atoms with van der Waals surface area (Å²) in [6, 6.07) is 0. The zero-order valence-electron chi connectivity index (χ0n) is 31.0. The zero-order chi connectivity index (χ0) is 31.2. The van der Waals surface area contributed by atoms with E-state index in [1.165, 1.54) is 128 Å². The smallest absolute Gasteiger partial charge is 0.355 e. The molecule has 0 fully saturated rings. The van der Waals surface area contributed by atoms with Gasteiger partial charge in [-0.25, -0.2) is 0 Å². The molecule has 0 heterocycles. The Labute approximate surface area is 301 Å². The first-order valence-corrected chi connectivity index (χ1v) is 18.5. The predicted molar refractivity (Wildman–Crippen MR) is 190 cm³/mol. The second-order valence-corrected chi connectivity index (χ2v) is 12.6. The quantitative estimate of drug-likeness (QED) is 0.0296. The molecule has 2 radical (unpaired) electrons. The molecule has 0 N–H and O–H groups in total. The van der Waals surface area contributed by atoms with Crippen LogP contribution >= 0.6 is 0 Å². The molecule has 0 amide bonds. The van der Waals surface area contributed by atoms with E-state index < -0.39 is 0 Å². The Hall–Kier alpha value is 0.957. The van der Waals surface area contributed by atoms with E-state index in [0.29, 0.717) is 13.6 Å². The Morgan fingerprint density at radius 3 is 1.00 bits per heavy atom. The van der Waals surface area contributed by atoms with Crippen LogP contribution in [-0.2, 0) is 36.0 Å². The zero-order valence-corrected chi connectivity index (χ0v) is 32.0. The number of ether oxygens (including phenoxy) is 4. The molecule has 0 saturated heterocycles. The van der Waals surface area contributed by atoms with E-state index in [0.717, 1.165) is 51.1 Å². The van der Waals surface area contributed by atoms with Crippen LogP contribution in [0.15, 0.2) is 0 Å². The van der Waals surface area contributed by atoms with Gasteiger partial charge >= 0.3 is 17.1 Å². The van der Waals surface area contributed by atoms with E-state index in [1.807, 2.05) is 0 Å². The third kappa shape index (κ3) is 49.8. The first-order valence-electron chi connectivity index (χ1n) is 18.5. The summed E-state index contributed by atoms with van der Waals surface area (Å²) in [4.78, 5) is 0. The molecule has 4 nitrogen and oxygen atoms in total. The minimum absolute atomic E-state index is 0. The van der Waals surface area contributed by atoms with Crippen LogP contribution in [0.4, 0.5) is 0 Å². The van der Waals surface area contributed by atoms with Crippen molar-refractivity contribution in [3.8, 4) is 0 Å². The molecule has 0 aromatic rings. The van der Waals surface area contributed by atoms with Gasteiger partial charge in [-0.05, 0) is 25.7 Å². The van der Waals surface area contributed by atoms with Crippen molar-refractivity contribution < 1.29 is 36.0 Å². The number of rotatable bonds is 34. The summed E-state index contributed by atoms with van der Waals surface area (Å²) in [6.45, 7) is 17.8. The average Bonchev–Trinajstić information content (AvgIpc) is 2.98. The molecular formula is C38H78CuLiO4. The van der Waals surface area contributed by atoms with Gasteiger partial charge in [0, 0.05) is 45.3 Å². The van der Waals surface area contributed by atoms with Crippen LogP contribution < -0.4 is 0 Å². The average molecular weight is 670 g/mol. The largest absolute Gasteiger partial charge is 2.00 e. The van der Waals surface area contributed by atoms with Gasteiger partial charge in [-0.15, -0.1) is 0 Å². The summed E-state index contributed by atoms with van der Waals surface area (Å²) >= 11 is 0. The van der Waals surface area contributed by atoms with E-state index in [4.69, 9.17) is 18.9 Å². The fraction of sp³-hybridized carbons (Fsp3) is 0.947. The predicted octanol–water partition coefficient (Wildman–Crippen LogP) is 11.9. The molecular weight excluding hydrogens is 591 g/mol. The van der Waals surface area contributed by atoms with Gasteiger partial charge in [0.05, 0.1) is 0 Å². The topological polar surface area (TPSA) is 36.9 Å². The van der Waals surface area contributed by atoms with Crippen molar-refractivity contribution in [2.75, 3.05) is 40.0 Å². The molecule has 266 valence electrons. The number of hydrogen-bond donors (Lipinski definition) is 0. The molecule has 2 atom stereocenters. The van der Waals surface area contributed by atoms with Crippen LogP contribution in [0.1, 0.15) is 183 Å². The third-order valence-electron chi connectivity index (χ3n) is 7.87. The number of unbranched alkanes of at least 4 members (excludes halogenated alkanes) is 14. The van der Waals surface area contributed by atoms with Gasteiger partial charge in [-0.3, -0.25) is 0 Å². The molecule has 0 saturated carbocycles. The summed E-state index contributed by atoms with van der Waals surface area (Å²) in [7, 11) is 0. The molecule has 0 bridgehead atoms. The molecule has 0 aliphatic rings. The van der Waals surface area contributed by atoms with Crippen molar-refractivity contribution in [1.29, 1.82) is 0 Å². The maximum Gasteiger partial charge on any atom is 2.00 e. The van der Waals surface area contributed by atoms with Crippen LogP contribution in [0.25, 0.3) is 0 Å². The molecule has 0 aliphatic heterocycles. The monoisotopic (exact) mass is 669 g/mol. The van der Waals surface area contributed by atoms with Gasteiger partial charge in [-0.2, -0.15) is 26.7 Å². The van der Waals surface area contributed by atoms with E-state index in [2.05, 4.69) is 54.4 Å². The Morgan fingerprint density at radius 2 is 0.705 bits per heavy atom. The fourth-order valence-corrected chi connectivity index (χ4v) is 5.14. The first-order chi connectivity index (χ1) is 20.6. The summed E-state index contributed by atoms with van der Waals surface area (Å²) < 4.78 is 22.0. The van der Waals surface area contributed by atoms with Crippen LogP contribution in [-0.4, -0.2) is 58.9 Å². The van der Waals surface area contributed by atoms with Gasteiger partial charge < -0.3 is 31.8 Å². The van der Waals surface area contributed by atoms with Crippen molar-refractivity contribution in [3.63, 3.8) is 0 Å². The van der Waals surface area contributed by atoms with Crippen molar-refractivity contribution in [2.24, 2.45) is 11.8 Å². The van der Waals surface area contributed by atoms with Gasteiger partial charge in [-0.1, -0.05) is 142 Å². The normalized spacial score (nSPS) is 12.1. The summed E-state index contributed by atoms with van der Waals surface area (Å²) in [5.41, 5.74) is 0. The van der Waals surface area contributed by atoms with Gasteiger partial charge in [0.1, 0.15) is 13.6 Å². The first kappa shape index (κ1) is 51.8. The fourth-order valence-electron chi connectivity index (χ4n) is 5.14. The van der Waals surface area contributed by atoms with Crippen LogP contribution in [0.3, 0.4) is 0 Å².